The maximum atomic E-state index is 12.8. The van der Waals surface area contributed by atoms with Crippen molar-refractivity contribution in [1.82, 2.24) is 0 Å². The van der Waals surface area contributed by atoms with E-state index in [2.05, 4.69) is 24.5 Å². The smallest absolute Gasteiger partial charge is 0.232 e. The van der Waals surface area contributed by atoms with Gasteiger partial charge >= 0.3 is 0 Å². The minimum Gasteiger partial charge on any atom is -0.491 e. The van der Waals surface area contributed by atoms with Gasteiger partial charge in [0.2, 0.25) is 11.8 Å². The molecule has 3 rings (SSSR count). The number of amides is 2. The molecule has 130 valence electrons. The van der Waals surface area contributed by atoms with Crippen molar-refractivity contribution < 1.29 is 14.3 Å². The SMILES string of the molecule is CC(C)COc1ccccc1NC(=O)C1CC(=O)Nc2ccccc21. The molecule has 0 fully saturated rings. The van der Waals surface area contributed by atoms with E-state index in [0.29, 0.717) is 29.6 Å². The molecule has 0 saturated carbocycles. The van der Waals surface area contributed by atoms with Crippen molar-refractivity contribution in [3.63, 3.8) is 0 Å². The van der Waals surface area contributed by atoms with Crippen LogP contribution < -0.4 is 15.4 Å². The summed E-state index contributed by atoms with van der Waals surface area (Å²) in [5.41, 5.74) is 2.15. The van der Waals surface area contributed by atoms with Crippen molar-refractivity contribution in [2.75, 3.05) is 17.2 Å². The summed E-state index contributed by atoms with van der Waals surface area (Å²) < 4.78 is 5.78. The molecule has 5 heteroatoms. The molecule has 1 aliphatic rings. The van der Waals surface area contributed by atoms with Crippen molar-refractivity contribution in [3.8, 4) is 5.75 Å². The number of anilines is 2. The normalized spacial score (nSPS) is 16.1. The largest absolute Gasteiger partial charge is 0.491 e. The van der Waals surface area contributed by atoms with Crippen molar-refractivity contribution in [3.05, 3.63) is 54.1 Å². The van der Waals surface area contributed by atoms with Gasteiger partial charge in [-0.3, -0.25) is 9.59 Å². The first-order valence-electron chi connectivity index (χ1n) is 8.46. The van der Waals surface area contributed by atoms with E-state index in [0.717, 1.165) is 5.56 Å². The number of hydrogen-bond acceptors (Lipinski definition) is 3. The Kier molecular flexibility index (Phi) is 5.03. The molecule has 5 nitrogen and oxygen atoms in total. The summed E-state index contributed by atoms with van der Waals surface area (Å²) in [6, 6.07) is 14.8. The van der Waals surface area contributed by atoms with Crippen LogP contribution in [0.25, 0.3) is 0 Å². The monoisotopic (exact) mass is 338 g/mol. The number of hydrogen-bond donors (Lipinski definition) is 2. The standard InChI is InChI=1S/C20H22N2O3/c1-13(2)12-25-18-10-6-5-9-17(18)22-20(24)15-11-19(23)21-16-8-4-3-7-14(15)16/h3-10,13,15H,11-12H2,1-2H3,(H,21,23)(H,22,24). The molecule has 1 atom stereocenters. The Balaban J connectivity index is 1.80. The third kappa shape index (κ3) is 3.99. The second kappa shape index (κ2) is 7.38. The predicted molar refractivity (Wildman–Crippen MR) is 97.8 cm³/mol. The summed E-state index contributed by atoms with van der Waals surface area (Å²) in [6.45, 7) is 4.71. The summed E-state index contributed by atoms with van der Waals surface area (Å²) in [5.74, 6) is 0.157. The van der Waals surface area contributed by atoms with Crippen molar-refractivity contribution in [2.45, 2.75) is 26.2 Å². The van der Waals surface area contributed by atoms with E-state index in [1.165, 1.54) is 0 Å². The summed E-state index contributed by atoms with van der Waals surface area (Å²) in [4.78, 5) is 24.7. The molecule has 2 aromatic carbocycles. The summed E-state index contributed by atoms with van der Waals surface area (Å²) in [7, 11) is 0. The quantitative estimate of drug-likeness (QED) is 0.872. The van der Waals surface area contributed by atoms with Crippen LogP contribution in [0.15, 0.2) is 48.5 Å². The Morgan fingerprint density at radius 2 is 1.92 bits per heavy atom. The lowest BCUT2D eigenvalue weighted by atomic mass is 9.90. The van der Waals surface area contributed by atoms with Gasteiger partial charge in [0.05, 0.1) is 18.2 Å². The second-order valence-electron chi connectivity index (χ2n) is 6.58. The van der Waals surface area contributed by atoms with Gasteiger partial charge in [-0.25, -0.2) is 0 Å². The molecule has 0 saturated heterocycles. The van der Waals surface area contributed by atoms with E-state index in [9.17, 15) is 9.59 Å². The van der Waals surface area contributed by atoms with Crippen LogP contribution in [0.1, 0.15) is 31.7 Å². The zero-order valence-electron chi connectivity index (χ0n) is 14.4. The molecule has 1 unspecified atom stereocenters. The molecule has 25 heavy (non-hydrogen) atoms. The number of carbonyl (C=O) groups excluding carboxylic acids is 2. The lowest BCUT2D eigenvalue weighted by molar-refractivity contribution is -0.123. The lowest BCUT2D eigenvalue weighted by Gasteiger charge is -2.25. The average Bonchev–Trinajstić information content (AvgIpc) is 2.60. The minimum absolute atomic E-state index is 0.137. The highest BCUT2D eigenvalue weighted by molar-refractivity contribution is 6.05. The number of para-hydroxylation sites is 3. The lowest BCUT2D eigenvalue weighted by Crippen LogP contribution is -2.30. The van der Waals surface area contributed by atoms with Gasteiger partial charge in [-0.05, 0) is 29.7 Å². The molecule has 1 aliphatic heterocycles. The molecule has 0 spiro atoms. The molecule has 2 amide bonds. The van der Waals surface area contributed by atoms with E-state index < -0.39 is 5.92 Å². The molecular weight excluding hydrogens is 316 g/mol. The minimum atomic E-state index is -0.511. The first-order valence-corrected chi connectivity index (χ1v) is 8.46. The van der Waals surface area contributed by atoms with Gasteiger partial charge in [-0.2, -0.15) is 0 Å². The Bertz CT molecular complexity index is 786. The van der Waals surface area contributed by atoms with Crippen molar-refractivity contribution >= 4 is 23.2 Å². The molecule has 0 radical (unpaired) electrons. The number of rotatable bonds is 5. The number of benzene rings is 2. The Morgan fingerprint density at radius 3 is 2.72 bits per heavy atom. The van der Waals surface area contributed by atoms with Crippen molar-refractivity contribution in [2.24, 2.45) is 5.92 Å². The van der Waals surface area contributed by atoms with Crippen LogP contribution in [0.2, 0.25) is 0 Å². The highest BCUT2D eigenvalue weighted by Crippen LogP contribution is 2.34. The van der Waals surface area contributed by atoms with E-state index in [1.54, 1.807) is 0 Å². The van der Waals surface area contributed by atoms with Gasteiger partial charge in [0, 0.05) is 12.1 Å². The predicted octanol–water partition coefficient (Wildman–Crippen LogP) is 3.79. The maximum Gasteiger partial charge on any atom is 0.232 e. The van der Waals surface area contributed by atoms with Gasteiger partial charge in [0.1, 0.15) is 5.75 Å². The Morgan fingerprint density at radius 1 is 1.20 bits per heavy atom. The first-order chi connectivity index (χ1) is 12.0. The average molecular weight is 338 g/mol. The number of nitrogens with one attached hydrogen (secondary N) is 2. The van der Waals surface area contributed by atoms with E-state index in [4.69, 9.17) is 4.74 Å². The fourth-order valence-electron chi connectivity index (χ4n) is 2.82. The van der Waals surface area contributed by atoms with Crippen LogP contribution in [0.3, 0.4) is 0 Å². The summed E-state index contributed by atoms with van der Waals surface area (Å²) in [6.07, 6.45) is 0.137. The first kappa shape index (κ1) is 17.0. The third-order valence-electron chi connectivity index (χ3n) is 4.03. The molecule has 0 aromatic heterocycles. The summed E-state index contributed by atoms with van der Waals surface area (Å²) >= 11 is 0. The third-order valence-corrected chi connectivity index (χ3v) is 4.03. The maximum absolute atomic E-state index is 12.8. The highest BCUT2D eigenvalue weighted by Gasteiger charge is 2.30. The molecule has 2 N–H and O–H groups in total. The van der Waals surface area contributed by atoms with E-state index in [-0.39, 0.29) is 18.2 Å². The van der Waals surface area contributed by atoms with Crippen molar-refractivity contribution in [1.29, 1.82) is 0 Å². The van der Waals surface area contributed by atoms with Gasteiger partial charge in [-0.1, -0.05) is 44.2 Å². The van der Waals surface area contributed by atoms with E-state index in [1.807, 2.05) is 48.5 Å². The zero-order valence-corrected chi connectivity index (χ0v) is 14.4. The molecular formula is C20H22N2O3. The fraction of sp³-hybridized carbons (Fsp3) is 0.300. The fourth-order valence-corrected chi connectivity index (χ4v) is 2.82. The number of fused-ring (bicyclic) bond motifs is 1. The van der Waals surface area contributed by atoms with Gasteiger partial charge < -0.3 is 15.4 Å². The van der Waals surface area contributed by atoms with Gasteiger partial charge in [0.15, 0.2) is 0 Å². The zero-order chi connectivity index (χ0) is 17.8. The van der Waals surface area contributed by atoms with Crippen LogP contribution in [0.5, 0.6) is 5.75 Å². The highest BCUT2D eigenvalue weighted by atomic mass is 16.5. The second-order valence-corrected chi connectivity index (χ2v) is 6.58. The van der Waals surface area contributed by atoms with E-state index >= 15 is 0 Å². The summed E-state index contributed by atoms with van der Waals surface area (Å²) in [5, 5.41) is 5.73. The van der Waals surface area contributed by atoms with Crippen LogP contribution in [-0.2, 0) is 9.59 Å². The number of carbonyl (C=O) groups is 2. The van der Waals surface area contributed by atoms with Crippen LogP contribution in [0, 0.1) is 5.92 Å². The Hall–Kier alpha value is -2.82. The van der Waals surface area contributed by atoms with Gasteiger partial charge in [-0.15, -0.1) is 0 Å². The van der Waals surface area contributed by atoms with Crippen LogP contribution >= 0.6 is 0 Å². The van der Waals surface area contributed by atoms with Crippen LogP contribution in [0.4, 0.5) is 11.4 Å². The van der Waals surface area contributed by atoms with Crippen LogP contribution in [-0.4, -0.2) is 18.4 Å². The molecule has 0 aliphatic carbocycles. The Labute approximate surface area is 147 Å². The van der Waals surface area contributed by atoms with Gasteiger partial charge in [0.25, 0.3) is 0 Å². The number of ether oxygens (including phenoxy) is 1. The molecule has 1 heterocycles. The molecule has 2 aromatic rings. The molecule has 0 bridgehead atoms. The topological polar surface area (TPSA) is 67.4 Å².